The highest BCUT2D eigenvalue weighted by Crippen LogP contribution is 2.19. The molecular weight excluding hydrogens is 478 g/mol. The van der Waals surface area contributed by atoms with Crippen molar-refractivity contribution in [2.24, 2.45) is 5.92 Å². The molecule has 0 saturated carbocycles. The van der Waals surface area contributed by atoms with Crippen LogP contribution in [0.5, 0.6) is 0 Å². The second kappa shape index (κ2) is 13.9. The standard InChI is InChI=1S/C28H36ClN3O4/c1-4-35-16-9-15-31(28(34)26-13-8-17-36-26)21-27(33)32(18-22(2)3)20-24-11-7-14-30(24)19-23-10-5-6-12-25(23)29/h5-8,10-14,17,22H,4,9,15-16,18-21H2,1-3H3. The van der Waals surface area contributed by atoms with Gasteiger partial charge in [-0.05, 0) is 55.2 Å². The predicted molar refractivity (Wildman–Crippen MR) is 141 cm³/mol. The number of carbonyl (C=O) groups is 2. The molecule has 0 atom stereocenters. The van der Waals surface area contributed by atoms with Gasteiger partial charge in [-0.2, -0.15) is 0 Å². The number of carbonyl (C=O) groups excluding carboxylic acids is 2. The summed E-state index contributed by atoms with van der Waals surface area (Å²) in [7, 11) is 0. The van der Waals surface area contributed by atoms with Crippen LogP contribution in [0.15, 0.2) is 65.4 Å². The SMILES string of the molecule is CCOCCCN(CC(=O)N(Cc1cccn1Cc1ccccc1Cl)CC(C)C)C(=O)c1ccco1. The maximum absolute atomic E-state index is 13.5. The summed E-state index contributed by atoms with van der Waals surface area (Å²) in [6.07, 6.45) is 4.10. The summed E-state index contributed by atoms with van der Waals surface area (Å²) in [5, 5.41) is 0.714. The van der Waals surface area contributed by atoms with E-state index in [0.29, 0.717) is 50.8 Å². The monoisotopic (exact) mass is 513 g/mol. The summed E-state index contributed by atoms with van der Waals surface area (Å²) >= 11 is 6.38. The van der Waals surface area contributed by atoms with Crippen LogP contribution in [0.25, 0.3) is 0 Å². The van der Waals surface area contributed by atoms with Crippen molar-refractivity contribution in [3.8, 4) is 0 Å². The predicted octanol–water partition coefficient (Wildman–Crippen LogP) is 5.34. The molecule has 1 aromatic carbocycles. The maximum Gasteiger partial charge on any atom is 0.290 e. The summed E-state index contributed by atoms with van der Waals surface area (Å²) in [6.45, 7) is 9.25. The minimum atomic E-state index is -0.295. The van der Waals surface area contributed by atoms with Crippen molar-refractivity contribution in [3.63, 3.8) is 0 Å². The van der Waals surface area contributed by atoms with Crippen LogP contribution in [0.2, 0.25) is 5.02 Å². The van der Waals surface area contributed by atoms with E-state index in [4.69, 9.17) is 20.8 Å². The summed E-state index contributed by atoms with van der Waals surface area (Å²) in [4.78, 5) is 30.0. The van der Waals surface area contributed by atoms with Gasteiger partial charge >= 0.3 is 0 Å². The Morgan fingerprint density at radius 1 is 1.08 bits per heavy atom. The Morgan fingerprint density at radius 2 is 1.89 bits per heavy atom. The molecule has 194 valence electrons. The number of hydrogen-bond donors (Lipinski definition) is 0. The lowest BCUT2D eigenvalue weighted by molar-refractivity contribution is -0.133. The van der Waals surface area contributed by atoms with E-state index in [1.165, 1.54) is 6.26 Å². The normalized spacial score (nSPS) is 11.1. The lowest BCUT2D eigenvalue weighted by Crippen LogP contribution is -2.44. The van der Waals surface area contributed by atoms with Crippen LogP contribution < -0.4 is 0 Å². The summed E-state index contributed by atoms with van der Waals surface area (Å²) in [6, 6.07) is 15.1. The Bertz CT molecular complexity index is 1090. The quantitative estimate of drug-likeness (QED) is 0.273. The zero-order valence-corrected chi connectivity index (χ0v) is 22.1. The first-order chi connectivity index (χ1) is 17.4. The topological polar surface area (TPSA) is 67.9 Å². The highest BCUT2D eigenvalue weighted by atomic mass is 35.5. The molecule has 3 aromatic rings. The highest BCUT2D eigenvalue weighted by Gasteiger charge is 2.25. The Kier molecular flexibility index (Phi) is 10.6. The molecule has 0 radical (unpaired) electrons. The van der Waals surface area contributed by atoms with Gasteiger partial charge in [-0.25, -0.2) is 0 Å². The molecule has 0 unspecified atom stereocenters. The molecule has 0 spiro atoms. The Balaban J connectivity index is 1.74. The molecule has 0 aliphatic rings. The summed E-state index contributed by atoms with van der Waals surface area (Å²) in [5.41, 5.74) is 2.02. The number of nitrogens with zero attached hydrogens (tertiary/aromatic N) is 3. The minimum absolute atomic E-state index is 0.0242. The van der Waals surface area contributed by atoms with Gasteiger partial charge in [-0.15, -0.1) is 0 Å². The average molecular weight is 514 g/mol. The smallest absolute Gasteiger partial charge is 0.290 e. The van der Waals surface area contributed by atoms with E-state index >= 15 is 0 Å². The van der Waals surface area contributed by atoms with Crippen LogP contribution >= 0.6 is 11.6 Å². The van der Waals surface area contributed by atoms with Gasteiger partial charge in [0.05, 0.1) is 12.8 Å². The number of amides is 2. The molecule has 2 amide bonds. The third-order valence-electron chi connectivity index (χ3n) is 5.78. The molecule has 0 fully saturated rings. The van der Waals surface area contributed by atoms with Gasteiger partial charge in [-0.1, -0.05) is 43.6 Å². The number of furan rings is 1. The second-order valence-electron chi connectivity index (χ2n) is 9.14. The maximum atomic E-state index is 13.5. The van der Waals surface area contributed by atoms with Crippen molar-refractivity contribution in [3.05, 3.63) is 83.0 Å². The zero-order chi connectivity index (χ0) is 25.9. The van der Waals surface area contributed by atoms with Crippen LogP contribution in [0, 0.1) is 5.92 Å². The molecule has 2 aromatic heterocycles. The first-order valence-electron chi connectivity index (χ1n) is 12.4. The zero-order valence-electron chi connectivity index (χ0n) is 21.4. The third-order valence-corrected chi connectivity index (χ3v) is 6.15. The van der Waals surface area contributed by atoms with Gasteiger partial charge in [0.1, 0.15) is 6.54 Å². The highest BCUT2D eigenvalue weighted by molar-refractivity contribution is 6.31. The molecule has 36 heavy (non-hydrogen) atoms. The third kappa shape index (κ3) is 8.00. The van der Waals surface area contributed by atoms with Gasteiger partial charge in [0, 0.05) is 49.8 Å². The Labute approximate surface area is 218 Å². The van der Waals surface area contributed by atoms with Gasteiger partial charge in [0.15, 0.2) is 5.76 Å². The molecule has 2 heterocycles. The van der Waals surface area contributed by atoms with Gasteiger partial charge in [0.25, 0.3) is 5.91 Å². The van der Waals surface area contributed by atoms with Crippen LogP contribution in [-0.4, -0.2) is 59.0 Å². The molecule has 7 nitrogen and oxygen atoms in total. The molecule has 0 aliphatic carbocycles. The molecule has 0 N–H and O–H groups in total. The fraction of sp³-hybridized carbons (Fsp3) is 0.429. The van der Waals surface area contributed by atoms with E-state index in [1.54, 1.807) is 17.0 Å². The second-order valence-corrected chi connectivity index (χ2v) is 9.55. The Morgan fingerprint density at radius 3 is 2.58 bits per heavy atom. The number of rotatable bonds is 14. The van der Waals surface area contributed by atoms with E-state index in [-0.39, 0.29) is 30.0 Å². The van der Waals surface area contributed by atoms with Crippen molar-refractivity contribution in [1.82, 2.24) is 14.4 Å². The van der Waals surface area contributed by atoms with E-state index in [0.717, 1.165) is 11.3 Å². The van der Waals surface area contributed by atoms with Crippen LogP contribution in [0.1, 0.15) is 49.0 Å². The minimum Gasteiger partial charge on any atom is -0.459 e. The number of halogens is 1. The van der Waals surface area contributed by atoms with Crippen molar-refractivity contribution in [1.29, 1.82) is 0 Å². The number of ether oxygens (including phenoxy) is 1. The fourth-order valence-electron chi connectivity index (χ4n) is 4.02. The molecule has 8 heteroatoms. The summed E-state index contributed by atoms with van der Waals surface area (Å²) < 4.78 is 12.9. The van der Waals surface area contributed by atoms with E-state index in [1.807, 2.05) is 54.4 Å². The first kappa shape index (κ1) is 27.6. The largest absolute Gasteiger partial charge is 0.459 e. The van der Waals surface area contributed by atoms with Crippen molar-refractivity contribution in [2.45, 2.75) is 40.3 Å². The van der Waals surface area contributed by atoms with E-state index < -0.39 is 0 Å². The lowest BCUT2D eigenvalue weighted by Gasteiger charge is -2.29. The van der Waals surface area contributed by atoms with Gasteiger partial charge < -0.3 is 23.5 Å². The van der Waals surface area contributed by atoms with Crippen LogP contribution in [0.4, 0.5) is 0 Å². The van der Waals surface area contributed by atoms with Crippen molar-refractivity contribution >= 4 is 23.4 Å². The lowest BCUT2D eigenvalue weighted by atomic mass is 10.2. The number of benzene rings is 1. The van der Waals surface area contributed by atoms with E-state index in [2.05, 4.69) is 18.4 Å². The first-order valence-corrected chi connectivity index (χ1v) is 12.8. The summed E-state index contributed by atoms with van der Waals surface area (Å²) in [5.74, 6) is 0.0956. The molecule has 0 bridgehead atoms. The van der Waals surface area contributed by atoms with Crippen molar-refractivity contribution in [2.75, 3.05) is 32.8 Å². The fourth-order valence-corrected chi connectivity index (χ4v) is 4.22. The molecule has 0 saturated heterocycles. The van der Waals surface area contributed by atoms with Crippen LogP contribution in [0.3, 0.4) is 0 Å². The van der Waals surface area contributed by atoms with Gasteiger partial charge in [-0.3, -0.25) is 9.59 Å². The number of aromatic nitrogens is 1. The van der Waals surface area contributed by atoms with Crippen LogP contribution in [-0.2, 0) is 22.6 Å². The molecular formula is C28H36ClN3O4. The average Bonchev–Trinajstić information content (AvgIpc) is 3.54. The van der Waals surface area contributed by atoms with E-state index in [9.17, 15) is 9.59 Å². The van der Waals surface area contributed by atoms with Crippen molar-refractivity contribution < 1.29 is 18.7 Å². The van der Waals surface area contributed by atoms with Gasteiger partial charge in [0.2, 0.25) is 5.91 Å². The molecule has 0 aliphatic heterocycles. The number of hydrogen-bond acceptors (Lipinski definition) is 4. The molecule has 3 rings (SSSR count). The Hall–Kier alpha value is -3.03.